The molecule has 1 aromatic heterocycles. The van der Waals surface area contributed by atoms with E-state index in [0.29, 0.717) is 5.56 Å². The Kier molecular flexibility index (Phi) is 3.87. The molecule has 0 fully saturated rings. The third kappa shape index (κ3) is 2.64. The van der Waals surface area contributed by atoms with Gasteiger partial charge in [0, 0.05) is 22.0 Å². The number of halogens is 1. The van der Waals surface area contributed by atoms with Crippen LogP contribution in [0.4, 0.5) is 0 Å². The Morgan fingerprint density at radius 1 is 1.39 bits per heavy atom. The number of carbonyl (C=O) groups is 1. The largest absolute Gasteiger partial charge is 0.309 e. The van der Waals surface area contributed by atoms with E-state index in [1.165, 1.54) is 11.8 Å². The van der Waals surface area contributed by atoms with Gasteiger partial charge in [0.1, 0.15) is 5.82 Å². The number of rotatable bonds is 3. The van der Waals surface area contributed by atoms with E-state index >= 15 is 0 Å². The maximum atomic E-state index is 11.3. The molecule has 0 aliphatic carbocycles. The van der Waals surface area contributed by atoms with Gasteiger partial charge in [-0.15, -0.1) is 10.2 Å². The second-order valence-electron chi connectivity index (χ2n) is 3.89. The molecule has 0 saturated heterocycles. The predicted molar refractivity (Wildman–Crippen MR) is 74.0 cm³/mol. The molecule has 4 nitrogen and oxygen atoms in total. The van der Waals surface area contributed by atoms with Gasteiger partial charge in [0.25, 0.3) is 0 Å². The number of benzene rings is 1. The lowest BCUT2D eigenvalue weighted by atomic mass is 10.2. The SMILES string of the molecule is CC(=O)c1ccc(Sc2nnc(C)n2C)c(Br)c1. The van der Waals surface area contributed by atoms with Crippen molar-refractivity contribution in [2.45, 2.75) is 23.9 Å². The van der Waals surface area contributed by atoms with Gasteiger partial charge in [0.05, 0.1) is 0 Å². The summed E-state index contributed by atoms with van der Waals surface area (Å²) in [7, 11) is 1.93. The molecule has 0 atom stereocenters. The summed E-state index contributed by atoms with van der Waals surface area (Å²) in [6.45, 7) is 3.46. The van der Waals surface area contributed by atoms with Crippen molar-refractivity contribution in [2.24, 2.45) is 7.05 Å². The lowest BCUT2D eigenvalue weighted by Crippen LogP contribution is -1.94. The first-order valence-electron chi connectivity index (χ1n) is 5.33. The molecule has 2 aromatic rings. The highest BCUT2D eigenvalue weighted by molar-refractivity contribution is 9.10. The number of aromatic nitrogens is 3. The van der Waals surface area contributed by atoms with Crippen LogP contribution in [0.3, 0.4) is 0 Å². The topological polar surface area (TPSA) is 47.8 Å². The molecule has 2 rings (SSSR count). The Morgan fingerprint density at radius 2 is 2.11 bits per heavy atom. The number of carbonyl (C=O) groups excluding carboxylic acids is 1. The fourth-order valence-corrected chi connectivity index (χ4v) is 2.84. The molecule has 0 bridgehead atoms. The van der Waals surface area contributed by atoms with Gasteiger partial charge in [-0.05, 0) is 53.7 Å². The van der Waals surface area contributed by atoms with Crippen LogP contribution in [-0.2, 0) is 7.05 Å². The van der Waals surface area contributed by atoms with Crippen LogP contribution in [0, 0.1) is 6.92 Å². The maximum absolute atomic E-state index is 11.3. The summed E-state index contributed by atoms with van der Waals surface area (Å²) in [4.78, 5) is 12.3. The lowest BCUT2D eigenvalue weighted by molar-refractivity contribution is 0.101. The zero-order valence-electron chi connectivity index (χ0n) is 10.3. The zero-order valence-corrected chi connectivity index (χ0v) is 12.7. The molecule has 6 heteroatoms. The van der Waals surface area contributed by atoms with E-state index < -0.39 is 0 Å². The molecule has 0 aliphatic heterocycles. The highest BCUT2D eigenvalue weighted by atomic mass is 79.9. The Labute approximate surface area is 118 Å². The van der Waals surface area contributed by atoms with Crippen LogP contribution in [0.5, 0.6) is 0 Å². The number of hydrogen-bond donors (Lipinski definition) is 0. The van der Waals surface area contributed by atoms with E-state index in [-0.39, 0.29) is 5.78 Å². The average Bonchev–Trinajstić information content (AvgIpc) is 2.63. The van der Waals surface area contributed by atoms with Crippen LogP contribution >= 0.6 is 27.7 Å². The van der Waals surface area contributed by atoms with Crippen molar-refractivity contribution in [1.29, 1.82) is 0 Å². The van der Waals surface area contributed by atoms with Crippen molar-refractivity contribution < 1.29 is 4.79 Å². The first kappa shape index (κ1) is 13.3. The van der Waals surface area contributed by atoms with Crippen LogP contribution in [0.1, 0.15) is 23.1 Å². The number of ketones is 1. The molecule has 1 heterocycles. The third-order valence-electron chi connectivity index (χ3n) is 2.59. The molecule has 1 aromatic carbocycles. The number of aryl methyl sites for hydroxylation is 1. The van der Waals surface area contributed by atoms with Gasteiger partial charge in [-0.2, -0.15) is 0 Å². The van der Waals surface area contributed by atoms with Gasteiger partial charge in [0.2, 0.25) is 0 Å². The van der Waals surface area contributed by atoms with Gasteiger partial charge >= 0.3 is 0 Å². The smallest absolute Gasteiger partial charge is 0.195 e. The minimum absolute atomic E-state index is 0.0572. The van der Waals surface area contributed by atoms with E-state index in [9.17, 15) is 4.79 Å². The molecule has 0 aliphatic rings. The van der Waals surface area contributed by atoms with E-state index in [1.54, 1.807) is 6.92 Å². The third-order valence-corrected chi connectivity index (χ3v) is 4.62. The van der Waals surface area contributed by atoms with Crippen LogP contribution in [0.25, 0.3) is 0 Å². The fraction of sp³-hybridized carbons (Fsp3) is 0.250. The average molecular weight is 326 g/mol. The molecule has 0 N–H and O–H groups in total. The fourth-order valence-electron chi connectivity index (χ4n) is 1.38. The predicted octanol–water partition coefficient (Wildman–Crippen LogP) is 3.24. The monoisotopic (exact) mass is 325 g/mol. The quantitative estimate of drug-likeness (QED) is 0.813. The number of nitrogens with zero attached hydrogens (tertiary/aromatic N) is 3. The highest BCUT2D eigenvalue weighted by Crippen LogP contribution is 2.33. The molecular formula is C12H12BrN3OS. The Balaban J connectivity index is 2.30. The van der Waals surface area contributed by atoms with Gasteiger partial charge in [-0.3, -0.25) is 4.79 Å². The number of hydrogen-bond acceptors (Lipinski definition) is 4. The molecule has 0 unspecified atom stereocenters. The van der Waals surface area contributed by atoms with Gasteiger partial charge in [-0.25, -0.2) is 0 Å². The Morgan fingerprint density at radius 3 is 2.61 bits per heavy atom. The molecule has 94 valence electrons. The second kappa shape index (κ2) is 5.24. The maximum Gasteiger partial charge on any atom is 0.195 e. The summed E-state index contributed by atoms with van der Waals surface area (Å²) in [6.07, 6.45) is 0. The minimum atomic E-state index is 0.0572. The molecule has 0 radical (unpaired) electrons. The molecule has 0 amide bonds. The van der Waals surface area contributed by atoms with Crippen molar-refractivity contribution in [2.75, 3.05) is 0 Å². The number of Topliss-reactive ketones (excluding diaryl/α,β-unsaturated/α-hetero) is 1. The second-order valence-corrected chi connectivity index (χ2v) is 5.76. The molecular weight excluding hydrogens is 314 g/mol. The standard InChI is InChI=1S/C12H12BrN3OS/c1-7(17)9-4-5-11(10(13)6-9)18-12-15-14-8(2)16(12)3/h4-6H,1-3H3. The van der Waals surface area contributed by atoms with Crippen molar-refractivity contribution >= 4 is 33.5 Å². The van der Waals surface area contributed by atoms with Crippen LogP contribution in [0.2, 0.25) is 0 Å². The summed E-state index contributed by atoms with van der Waals surface area (Å²) < 4.78 is 2.82. The Bertz CT molecular complexity index is 609. The molecule has 18 heavy (non-hydrogen) atoms. The zero-order chi connectivity index (χ0) is 13.3. The summed E-state index contributed by atoms with van der Waals surface area (Å²) in [5.74, 6) is 0.927. The van der Waals surface area contributed by atoms with Crippen molar-refractivity contribution in [3.05, 3.63) is 34.1 Å². The summed E-state index contributed by atoms with van der Waals surface area (Å²) in [5.41, 5.74) is 0.695. The molecule has 0 spiro atoms. The van der Waals surface area contributed by atoms with Crippen molar-refractivity contribution in [1.82, 2.24) is 14.8 Å². The minimum Gasteiger partial charge on any atom is -0.309 e. The normalized spacial score (nSPS) is 10.7. The van der Waals surface area contributed by atoms with E-state index in [0.717, 1.165) is 20.3 Å². The first-order chi connectivity index (χ1) is 8.49. The van der Waals surface area contributed by atoms with Crippen LogP contribution in [-0.4, -0.2) is 20.5 Å². The van der Waals surface area contributed by atoms with Gasteiger partial charge in [-0.1, -0.05) is 6.07 Å². The summed E-state index contributed by atoms with van der Waals surface area (Å²) in [5, 5.41) is 8.93. The van der Waals surface area contributed by atoms with Gasteiger partial charge in [0.15, 0.2) is 10.9 Å². The summed E-state index contributed by atoms with van der Waals surface area (Å²) in [6, 6.07) is 5.56. The Hall–Kier alpha value is -1.14. The van der Waals surface area contributed by atoms with E-state index in [1.807, 2.05) is 36.7 Å². The van der Waals surface area contributed by atoms with E-state index in [4.69, 9.17) is 0 Å². The molecule has 0 saturated carbocycles. The van der Waals surface area contributed by atoms with Crippen molar-refractivity contribution in [3.63, 3.8) is 0 Å². The van der Waals surface area contributed by atoms with E-state index in [2.05, 4.69) is 26.1 Å². The van der Waals surface area contributed by atoms with Crippen LogP contribution < -0.4 is 0 Å². The van der Waals surface area contributed by atoms with Crippen molar-refractivity contribution in [3.8, 4) is 0 Å². The highest BCUT2D eigenvalue weighted by Gasteiger charge is 2.10. The van der Waals surface area contributed by atoms with Crippen LogP contribution in [0.15, 0.2) is 32.7 Å². The first-order valence-corrected chi connectivity index (χ1v) is 6.94. The van der Waals surface area contributed by atoms with Gasteiger partial charge < -0.3 is 4.57 Å². The summed E-state index contributed by atoms with van der Waals surface area (Å²) >= 11 is 4.99. The lowest BCUT2D eigenvalue weighted by Gasteiger charge is -2.05.